The molecule has 0 bridgehead atoms. The van der Waals surface area contributed by atoms with E-state index < -0.39 is 5.97 Å². The van der Waals surface area contributed by atoms with Gasteiger partial charge in [-0.3, -0.25) is 0 Å². The van der Waals surface area contributed by atoms with Crippen molar-refractivity contribution in [2.75, 3.05) is 36.7 Å². The number of aryl methyl sites for hydroxylation is 1. The summed E-state index contributed by atoms with van der Waals surface area (Å²) in [7, 11) is 1.36. The van der Waals surface area contributed by atoms with E-state index in [1.165, 1.54) is 19.3 Å². The number of ether oxygens (including phenoxy) is 1. The summed E-state index contributed by atoms with van der Waals surface area (Å²) in [5.74, 6) is 0.780. The summed E-state index contributed by atoms with van der Waals surface area (Å²) in [6.07, 6.45) is 4.41. The Balaban J connectivity index is 2.69. The second-order valence-electron chi connectivity index (χ2n) is 4.37. The Bertz CT molecular complexity index is 436. The molecule has 0 aliphatic heterocycles. The summed E-state index contributed by atoms with van der Waals surface area (Å²) in [6, 6.07) is 3.71. The van der Waals surface area contributed by atoms with E-state index >= 15 is 0 Å². The zero-order valence-corrected chi connectivity index (χ0v) is 12.6. The highest BCUT2D eigenvalue weighted by Crippen LogP contribution is 2.23. The van der Waals surface area contributed by atoms with Gasteiger partial charge in [-0.25, -0.2) is 4.79 Å². The maximum absolute atomic E-state index is 11.6. The van der Waals surface area contributed by atoms with Gasteiger partial charge in [-0.1, -0.05) is 0 Å². The maximum Gasteiger partial charge on any atom is 0.340 e. The Morgan fingerprint density at radius 3 is 2.79 bits per heavy atom. The van der Waals surface area contributed by atoms with Crippen LogP contribution in [0.25, 0.3) is 0 Å². The molecule has 0 aromatic heterocycles. The smallest absolute Gasteiger partial charge is 0.340 e. The Kier molecular flexibility index (Phi) is 6.56. The van der Waals surface area contributed by atoms with E-state index in [-0.39, 0.29) is 0 Å². The zero-order chi connectivity index (χ0) is 14.3. The number of carbonyl (C=O) groups excluding carboxylic acids is 1. The third-order valence-electron chi connectivity index (χ3n) is 2.90. The van der Waals surface area contributed by atoms with Gasteiger partial charge in [0.2, 0.25) is 0 Å². The first-order valence-corrected chi connectivity index (χ1v) is 7.70. The predicted octanol–water partition coefficient (Wildman–Crippen LogP) is 2.92. The normalized spacial score (nSPS) is 10.3. The highest BCUT2D eigenvalue weighted by atomic mass is 32.2. The Morgan fingerprint density at radius 2 is 2.16 bits per heavy atom. The van der Waals surface area contributed by atoms with Crippen molar-refractivity contribution in [3.8, 4) is 0 Å². The van der Waals surface area contributed by atoms with Crippen LogP contribution < -0.4 is 11.1 Å². The number of unbranched alkanes of at least 4 members (excludes halogenated alkanes) is 1. The molecule has 0 atom stereocenters. The fourth-order valence-corrected chi connectivity index (χ4v) is 2.28. The molecule has 19 heavy (non-hydrogen) atoms. The number of hydrogen-bond acceptors (Lipinski definition) is 5. The number of carbonyl (C=O) groups is 1. The van der Waals surface area contributed by atoms with Crippen LogP contribution in [0.5, 0.6) is 0 Å². The van der Waals surface area contributed by atoms with Crippen molar-refractivity contribution in [2.45, 2.75) is 19.8 Å². The minimum absolute atomic E-state index is 0.397. The molecule has 0 amide bonds. The van der Waals surface area contributed by atoms with E-state index in [0.717, 1.165) is 24.2 Å². The first kappa shape index (κ1) is 15.7. The number of nitrogens with one attached hydrogen (secondary N) is 1. The van der Waals surface area contributed by atoms with Crippen LogP contribution in [-0.2, 0) is 4.74 Å². The fourth-order valence-electron chi connectivity index (χ4n) is 1.78. The standard InChI is InChI=1S/C14H22N2O2S/c1-10-8-11(16-6-4-5-7-19-3)9-12(13(10)15)14(17)18-2/h8-9,16H,4-7,15H2,1-3H3. The van der Waals surface area contributed by atoms with E-state index in [4.69, 9.17) is 10.5 Å². The van der Waals surface area contributed by atoms with Gasteiger partial charge in [0.25, 0.3) is 0 Å². The Hall–Kier alpha value is -1.36. The minimum atomic E-state index is -0.397. The molecule has 0 unspecified atom stereocenters. The number of thioether (sulfide) groups is 1. The average molecular weight is 282 g/mol. The van der Waals surface area contributed by atoms with Gasteiger partial charge in [0.1, 0.15) is 0 Å². The van der Waals surface area contributed by atoms with Crippen LogP contribution in [0.2, 0.25) is 0 Å². The van der Waals surface area contributed by atoms with Crippen molar-refractivity contribution in [2.24, 2.45) is 0 Å². The monoisotopic (exact) mass is 282 g/mol. The molecule has 0 heterocycles. The molecule has 1 rings (SSSR count). The summed E-state index contributed by atoms with van der Waals surface area (Å²) < 4.78 is 4.74. The highest BCUT2D eigenvalue weighted by Gasteiger charge is 2.13. The van der Waals surface area contributed by atoms with Gasteiger partial charge in [0.15, 0.2) is 0 Å². The van der Waals surface area contributed by atoms with E-state index in [0.29, 0.717) is 11.3 Å². The lowest BCUT2D eigenvalue weighted by Gasteiger charge is -2.12. The minimum Gasteiger partial charge on any atom is -0.465 e. The molecular formula is C14H22N2O2S. The SMILES string of the molecule is COC(=O)c1cc(NCCCCSC)cc(C)c1N. The van der Waals surface area contributed by atoms with Crippen molar-refractivity contribution in [3.05, 3.63) is 23.3 Å². The molecule has 5 heteroatoms. The van der Waals surface area contributed by atoms with E-state index in [9.17, 15) is 4.79 Å². The second kappa shape index (κ2) is 7.94. The quantitative estimate of drug-likeness (QED) is 0.457. The number of anilines is 2. The average Bonchev–Trinajstić information content (AvgIpc) is 2.41. The molecule has 0 fully saturated rings. The number of nitrogen functional groups attached to an aromatic ring is 1. The van der Waals surface area contributed by atoms with Crippen molar-refractivity contribution >= 4 is 29.1 Å². The molecular weight excluding hydrogens is 260 g/mol. The van der Waals surface area contributed by atoms with Crippen LogP contribution in [-0.4, -0.2) is 31.6 Å². The number of nitrogens with two attached hydrogens (primary N) is 1. The zero-order valence-electron chi connectivity index (χ0n) is 11.8. The van der Waals surface area contributed by atoms with E-state index in [1.807, 2.05) is 24.8 Å². The summed E-state index contributed by atoms with van der Waals surface area (Å²) in [4.78, 5) is 11.6. The molecule has 0 aliphatic carbocycles. The molecule has 4 nitrogen and oxygen atoms in total. The van der Waals surface area contributed by atoms with Gasteiger partial charge in [-0.2, -0.15) is 11.8 Å². The molecule has 1 aromatic carbocycles. The number of esters is 1. The van der Waals surface area contributed by atoms with Crippen LogP contribution in [0, 0.1) is 6.92 Å². The predicted molar refractivity (Wildman–Crippen MR) is 83.0 cm³/mol. The van der Waals surface area contributed by atoms with E-state index in [1.54, 1.807) is 6.07 Å². The summed E-state index contributed by atoms with van der Waals surface area (Å²) in [6.45, 7) is 2.78. The van der Waals surface area contributed by atoms with Crippen LogP contribution in [0.4, 0.5) is 11.4 Å². The molecule has 0 aliphatic rings. The molecule has 0 saturated heterocycles. The topological polar surface area (TPSA) is 64.3 Å². The lowest BCUT2D eigenvalue weighted by atomic mass is 10.1. The van der Waals surface area contributed by atoms with Gasteiger partial charge in [-0.05, 0) is 49.5 Å². The second-order valence-corrected chi connectivity index (χ2v) is 5.36. The largest absolute Gasteiger partial charge is 0.465 e. The van der Waals surface area contributed by atoms with E-state index in [2.05, 4.69) is 11.6 Å². The first-order valence-electron chi connectivity index (χ1n) is 6.31. The third kappa shape index (κ3) is 4.67. The number of hydrogen-bond donors (Lipinski definition) is 2. The van der Waals surface area contributed by atoms with Crippen molar-refractivity contribution in [1.29, 1.82) is 0 Å². The number of benzene rings is 1. The molecule has 3 N–H and O–H groups in total. The van der Waals surface area contributed by atoms with Gasteiger partial charge in [0.05, 0.1) is 12.7 Å². The molecule has 0 saturated carbocycles. The van der Waals surface area contributed by atoms with Crippen molar-refractivity contribution < 1.29 is 9.53 Å². The lowest BCUT2D eigenvalue weighted by molar-refractivity contribution is 0.0602. The maximum atomic E-state index is 11.6. The number of methoxy groups -OCH3 is 1. The summed E-state index contributed by atoms with van der Waals surface area (Å²) >= 11 is 1.86. The fraction of sp³-hybridized carbons (Fsp3) is 0.500. The Morgan fingerprint density at radius 1 is 1.42 bits per heavy atom. The Labute approximate surface area is 119 Å². The molecule has 106 valence electrons. The molecule has 0 radical (unpaired) electrons. The van der Waals surface area contributed by atoms with Crippen molar-refractivity contribution in [1.82, 2.24) is 0 Å². The van der Waals surface area contributed by atoms with Crippen LogP contribution in [0.1, 0.15) is 28.8 Å². The number of rotatable bonds is 7. The molecule has 1 aromatic rings. The molecule has 0 spiro atoms. The van der Waals surface area contributed by atoms with Crippen LogP contribution >= 0.6 is 11.8 Å². The van der Waals surface area contributed by atoms with Gasteiger partial charge in [0, 0.05) is 17.9 Å². The van der Waals surface area contributed by atoms with Gasteiger partial charge >= 0.3 is 5.97 Å². The van der Waals surface area contributed by atoms with Crippen LogP contribution in [0.3, 0.4) is 0 Å². The summed E-state index contributed by atoms with van der Waals surface area (Å²) in [5, 5.41) is 3.32. The highest BCUT2D eigenvalue weighted by molar-refractivity contribution is 7.98. The van der Waals surface area contributed by atoms with Gasteiger partial charge < -0.3 is 15.8 Å². The first-order chi connectivity index (χ1) is 9.10. The van der Waals surface area contributed by atoms with Crippen LogP contribution in [0.15, 0.2) is 12.1 Å². The third-order valence-corrected chi connectivity index (χ3v) is 3.59. The lowest BCUT2D eigenvalue weighted by Crippen LogP contribution is -2.09. The van der Waals surface area contributed by atoms with Gasteiger partial charge in [-0.15, -0.1) is 0 Å². The van der Waals surface area contributed by atoms with Crippen molar-refractivity contribution in [3.63, 3.8) is 0 Å². The summed E-state index contributed by atoms with van der Waals surface area (Å²) in [5.41, 5.74) is 8.60.